The minimum atomic E-state index is -0.507. The van der Waals surface area contributed by atoms with Gasteiger partial charge in [-0.2, -0.15) is 0 Å². The van der Waals surface area contributed by atoms with Crippen molar-refractivity contribution in [1.29, 1.82) is 0 Å². The van der Waals surface area contributed by atoms with Gasteiger partial charge in [0.1, 0.15) is 15.4 Å². The van der Waals surface area contributed by atoms with Crippen molar-refractivity contribution in [3.63, 3.8) is 0 Å². The molecule has 1 aromatic rings. The predicted octanol–water partition coefficient (Wildman–Crippen LogP) is 1.83. The number of nitrogen functional groups attached to an aromatic ring is 1. The topological polar surface area (TPSA) is 93.4 Å². The Morgan fingerprint density at radius 2 is 2.05 bits per heavy atom. The van der Waals surface area contributed by atoms with Gasteiger partial charge in [-0.15, -0.1) is 11.3 Å². The van der Waals surface area contributed by atoms with Gasteiger partial charge >= 0.3 is 5.97 Å². The number of hydrogen-bond acceptors (Lipinski definition) is 6. The number of carbonyl (C=O) groups is 2. The molecule has 3 rings (SSSR count). The van der Waals surface area contributed by atoms with Crippen LogP contribution in [0.2, 0.25) is 0 Å². The molecule has 0 spiro atoms. The van der Waals surface area contributed by atoms with Crippen molar-refractivity contribution >= 4 is 33.9 Å². The van der Waals surface area contributed by atoms with Crippen molar-refractivity contribution in [1.82, 2.24) is 5.32 Å². The van der Waals surface area contributed by atoms with Gasteiger partial charge in [-0.05, 0) is 31.6 Å². The molecule has 0 aliphatic heterocycles. The first-order valence-electron chi connectivity index (χ1n) is 7.15. The molecule has 7 heteroatoms. The van der Waals surface area contributed by atoms with Gasteiger partial charge in [0, 0.05) is 12.6 Å². The molecule has 0 saturated heterocycles. The number of amides is 1. The van der Waals surface area contributed by atoms with Gasteiger partial charge in [0.2, 0.25) is 0 Å². The highest BCUT2D eigenvalue weighted by Gasteiger charge is 2.30. The maximum absolute atomic E-state index is 12.2. The summed E-state index contributed by atoms with van der Waals surface area (Å²) in [5.41, 5.74) is 6.50. The van der Waals surface area contributed by atoms with Crippen LogP contribution in [0, 0.1) is 5.92 Å². The van der Waals surface area contributed by atoms with Crippen molar-refractivity contribution < 1.29 is 14.3 Å². The second-order valence-electron chi connectivity index (χ2n) is 5.61. The summed E-state index contributed by atoms with van der Waals surface area (Å²) >= 11 is 1.23. The lowest BCUT2D eigenvalue weighted by Gasteiger charge is -2.05. The minimum absolute atomic E-state index is 0.204. The Hall–Kier alpha value is -1.76. The van der Waals surface area contributed by atoms with E-state index in [1.807, 2.05) is 0 Å². The van der Waals surface area contributed by atoms with E-state index in [1.165, 1.54) is 31.3 Å². The number of hydrogen-bond donors (Lipinski definition) is 3. The molecule has 0 atom stereocenters. The predicted molar refractivity (Wildman–Crippen MR) is 81.8 cm³/mol. The molecule has 114 valence electrons. The largest absolute Gasteiger partial charge is 0.465 e. The summed E-state index contributed by atoms with van der Waals surface area (Å²) in [4.78, 5) is 24.5. The van der Waals surface area contributed by atoms with Crippen molar-refractivity contribution in [3.05, 3.63) is 10.4 Å². The molecule has 4 N–H and O–H groups in total. The smallest absolute Gasteiger partial charge is 0.343 e. The molecule has 2 saturated carbocycles. The molecule has 2 aliphatic carbocycles. The monoisotopic (exact) mass is 309 g/mol. The Morgan fingerprint density at radius 1 is 1.33 bits per heavy atom. The van der Waals surface area contributed by atoms with Gasteiger partial charge in [-0.3, -0.25) is 4.79 Å². The third kappa shape index (κ3) is 3.12. The van der Waals surface area contributed by atoms with Crippen LogP contribution in [0.5, 0.6) is 0 Å². The molecule has 0 unspecified atom stereocenters. The highest BCUT2D eigenvalue weighted by atomic mass is 32.1. The summed E-state index contributed by atoms with van der Waals surface area (Å²) in [6.07, 6.45) is 4.42. The summed E-state index contributed by atoms with van der Waals surface area (Å²) in [5.74, 6) is -0.0558. The fraction of sp³-hybridized carbons (Fsp3) is 0.571. The van der Waals surface area contributed by atoms with Crippen LogP contribution in [0.25, 0.3) is 0 Å². The average molecular weight is 309 g/mol. The zero-order valence-electron chi connectivity index (χ0n) is 11.9. The average Bonchev–Trinajstić information content (AvgIpc) is 3.36. The molecular formula is C14H19N3O3S. The van der Waals surface area contributed by atoms with E-state index in [2.05, 4.69) is 10.6 Å². The Kier molecular flexibility index (Phi) is 3.75. The van der Waals surface area contributed by atoms with Crippen LogP contribution in [0.1, 0.15) is 45.7 Å². The molecule has 2 aliphatic rings. The van der Waals surface area contributed by atoms with E-state index in [4.69, 9.17) is 10.5 Å². The molecule has 1 aromatic heterocycles. The van der Waals surface area contributed by atoms with Crippen LogP contribution in [-0.4, -0.2) is 31.6 Å². The molecule has 1 heterocycles. The first-order chi connectivity index (χ1) is 10.1. The lowest BCUT2D eigenvalue weighted by Crippen LogP contribution is -2.25. The standard InChI is InChI=1S/C14H19N3O3S/c1-20-14(19)9-10(15)11(12(18)17-8-4-5-8)21-13(9)16-6-7-2-3-7/h7-8,16H,2-6,15H2,1H3,(H,17,18). The zero-order valence-corrected chi connectivity index (χ0v) is 12.7. The van der Waals surface area contributed by atoms with Gasteiger partial charge in [-0.25, -0.2) is 4.79 Å². The van der Waals surface area contributed by atoms with Crippen LogP contribution in [0.4, 0.5) is 10.7 Å². The van der Waals surface area contributed by atoms with E-state index in [0.29, 0.717) is 15.8 Å². The molecule has 1 amide bonds. The number of esters is 1. The quantitative estimate of drug-likeness (QED) is 0.697. The summed E-state index contributed by atoms with van der Waals surface area (Å²) < 4.78 is 4.78. The van der Waals surface area contributed by atoms with E-state index in [1.54, 1.807) is 0 Å². The SMILES string of the molecule is COC(=O)c1c(NCC2CC2)sc(C(=O)NC2CC2)c1N. The summed E-state index contributed by atoms with van der Waals surface area (Å²) in [7, 11) is 1.31. The molecule has 0 aromatic carbocycles. The molecule has 0 radical (unpaired) electrons. The van der Waals surface area contributed by atoms with Crippen molar-refractivity contribution in [3.8, 4) is 0 Å². The summed E-state index contributed by atoms with van der Waals surface area (Å²) in [5, 5.41) is 6.76. The van der Waals surface area contributed by atoms with Crippen molar-refractivity contribution in [2.45, 2.75) is 31.7 Å². The number of nitrogens with two attached hydrogens (primary N) is 1. The normalized spacial score (nSPS) is 17.4. The Morgan fingerprint density at radius 3 is 2.62 bits per heavy atom. The number of anilines is 2. The Bertz CT molecular complexity index is 576. The van der Waals surface area contributed by atoms with E-state index in [0.717, 1.165) is 19.4 Å². The zero-order chi connectivity index (χ0) is 15.0. The van der Waals surface area contributed by atoms with Crippen LogP contribution in [0.3, 0.4) is 0 Å². The van der Waals surface area contributed by atoms with Crippen LogP contribution >= 0.6 is 11.3 Å². The number of rotatable bonds is 6. The molecule has 2 fully saturated rings. The fourth-order valence-electron chi connectivity index (χ4n) is 2.08. The van der Waals surface area contributed by atoms with Gasteiger partial charge < -0.3 is 21.1 Å². The third-order valence-corrected chi connectivity index (χ3v) is 4.86. The van der Waals surface area contributed by atoms with Gasteiger partial charge in [0.15, 0.2) is 0 Å². The number of methoxy groups -OCH3 is 1. The number of ether oxygens (including phenoxy) is 1. The van der Waals surface area contributed by atoms with E-state index >= 15 is 0 Å². The highest BCUT2D eigenvalue weighted by molar-refractivity contribution is 7.19. The van der Waals surface area contributed by atoms with E-state index in [-0.39, 0.29) is 23.2 Å². The number of carbonyl (C=O) groups excluding carboxylic acids is 2. The summed E-state index contributed by atoms with van der Waals surface area (Å²) in [6, 6.07) is 0.253. The molecular weight excluding hydrogens is 290 g/mol. The Balaban J connectivity index is 1.84. The number of nitrogens with one attached hydrogen (secondary N) is 2. The maximum Gasteiger partial charge on any atom is 0.343 e. The van der Waals surface area contributed by atoms with Gasteiger partial charge in [-0.1, -0.05) is 0 Å². The van der Waals surface area contributed by atoms with Gasteiger partial charge in [0.05, 0.1) is 12.8 Å². The Labute approximate surface area is 127 Å². The third-order valence-electron chi connectivity index (χ3n) is 3.70. The second-order valence-corrected chi connectivity index (χ2v) is 6.63. The lowest BCUT2D eigenvalue weighted by molar-refractivity contribution is 0.0603. The lowest BCUT2D eigenvalue weighted by atomic mass is 10.2. The second kappa shape index (κ2) is 5.55. The van der Waals surface area contributed by atoms with E-state index < -0.39 is 5.97 Å². The summed E-state index contributed by atoms with van der Waals surface area (Å²) in [6.45, 7) is 0.799. The highest BCUT2D eigenvalue weighted by Crippen LogP contribution is 2.38. The fourth-order valence-corrected chi connectivity index (χ4v) is 3.10. The van der Waals surface area contributed by atoms with Crippen LogP contribution in [0.15, 0.2) is 0 Å². The molecule has 0 bridgehead atoms. The molecule has 6 nitrogen and oxygen atoms in total. The van der Waals surface area contributed by atoms with E-state index in [9.17, 15) is 9.59 Å². The maximum atomic E-state index is 12.2. The first-order valence-corrected chi connectivity index (χ1v) is 7.97. The van der Waals surface area contributed by atoms with Crippen LogP contribution in [-0.2, 0) is 4.74 Å². The minimum Gasteiger partial charge on any atom is -0.465 e. The van der Waals surface area contributed by atoms with Gasteiger partial charge in [0.25, 0.3) is 5.91 Å². The van der Waals surface area contributed by atoms with Crippen molar-refractivity contribution in [2.75, 3.05) is 24.7 Å². The van der Waals surface area contributed by atoms with Crippen molar-refractivity contribution in [2.24, 2.45) is 5.92 Å². The molecule has 21 heavy (non-hydrogen) atoms. The first kappa shape index (κ1) is 14.2. The number of thiophene rings is 1. The van der Waals surface area contributed by atoms with Crippen LogP contribution < -0.4 is 16.4 Å².